The zero-order valence-electron chi connectivity index (χ0n) is 8.03. The lowest BCUT2D eigenvalue weighted by atomic mass is 10.0. The molecule has 0 nitrogen and oxygen atoms in total. The van der Waals surface area contributed by atoms with E-state index in [1.165, 1.54) is 5.56 Å². The Bertz CT molecular complexity index is 294. The van der Waals surface area contributed by atoms with Gasteiger partial charge in [0.25, 0.3) is 0 Å². The summed E-state index contributed by atoms with van der Waals surface area (Å²) >= 11 is 3.34. The molecule has 0 aliphatic rings. The van der Waals surface area contributed by atoms with Crippen molar-refractivity contribution in [3.63, 3.8) is 0 Å². The Morgan fingerprint density at radius 2 is 1.85 bits per heavy atom. The molecular formula is C11H14BrF. The number of hydrogen-bond donors (Lipinski definition) is 0. The summed E-state index contributed by atoms with van der Waals surface area (Å²) < 4.78 is 13.3. The summed E-state index contributed by atoms with van der Waals surface area (Å²) in [4.78, 5) is 0. The molecule has 1 rings (SSSR count). The number of hydrogen-bond acceptors (Lipinski definition) is 0. The molecule has 0 N–H and O–H groups in total. The van der Waals surface area contributed by atoms with Crippen LogP contribution in [-0.2, 0) is 6.42 Å². The van der Waals surface area contributed by atoms with Crippen LogP contribution in [0.2, 0.25) is 0 Å². The van der Waals surface area contributed by atoms with Crippen LogP contribution >= 0.6 is 15.9 Å². The van der Waals surface area contributed by atoms with Crippen LogP contribution in [0.1, 0.15) is 23.1 Å². The topological polar surface area (TPSA) is 0 Å². The maximum atomic E-state index is 13.3. The van der Waals surface area contributed by atoms with Gasteiger partial charge in [-0.1, -0.05) is 22.0 Å². The highest BCUT2D eigenvalue weighted by Crippen LogP contribution is 2.16. The molecule has 0 atom stereocenters. The van der Waals surface area contributed by atoms with Crippen molar-refractivity contribution in [2.45, 2.75) is 26.7 Å². The van der Waals surface area contributed by atoms with Gasteiger partial charge in [0.2, 0.25) is 0 Å². The molecular weight excluding hydrogens is 231 g/mol. The highest BCUT2D eigenvalue weighted by atomic mass is 79.9. The first kappa shape index (κ1) is 10.7. The van der Waals surface area contributed by atoms with Gasteiger partial charge in [-0.05, 0) is 49.4 Å². The molecule has 2 heteroatoms. The summed E-state index contributed by atoms with van der Waals surface area (Å²) in [7, 11) is 0. The average Bonchev–Trinajstić information content (AvgIpc) is 2.09. The zero-order valence-corrected chi connectivity index (χ0v) is 9.62. The Balaban J connectivity index is 2.88. The number of benzene rings is 1. The van der Waals surface area contributed by atoms with Gasteiger partial charge in [0, 0.05) is 5.33 Å². The van der Waals surface area contributed by atoms with Crippen molar-refractivity contribution in [2.24, 2.45) is 0 Å². The van der Waals surface area contributed by atoms with Crippen LogP contribution < -0.4 is 0 Å². The minimum atomic E-state index is -0.0657. The van der Waals surface area contributed by atoms with E-state index in [1.807, 2.05) is 19.9 Å². The van der Waals surface area contributed by atoms with E-state index < -0.39 is 0 Å². The van der Waals surface area contributed by atoms with Gasteiger partial charge < -0.3 is 0 Å². The normalized spacial score (nSPS) is 10.5. The van der Waals surface area contributed by atoms with Crippen molar-refractivity contribution in [3.8, 4) is 0 Å². The van der Waals surface area contributed by atoms with Gasteiger partial charge in [-0.25, -0.2) is 4.39 Å². The predicted molar refractivity (Wildman–Crippen MR) is 58.0 cm³/mol. The molecule has 0 aliphatic heterocycles. The van der Waals surface area contributed by atoms with Crippen LogP contribution in [0.15, 0.2) is 12.1 Å². The molecule has 0 saturated heterocycles. The van der Waals surface area contributed by atoms with E-state index >= 15 is 0 Å². The summed E-state index contributed by atoms with van der Waals surface area (Å²) in [6.45, 7) is 3.96. The highest BCUT2D eigenvalue weighted by molar-refractivity contribution is 9.09. The minimum absolute atomic E-state index is 0.0657. The standard InChI is InChI=1S/C11H14BrF/c1-8-6-10(4-3-5-12)11(13)7-9(8)2/h6-7H,3-5H2,1-2H3. The van der Waals surface area contributed by atoms with Gasteiger partial charge in [0.15, 0.2) is 0 Å². The molecule has 0 aromatic heterocycles. The summed E-state index contributed by atoms with van der Waals surface area (Å²) in [6.07, 6.45) is 1.80. The van der Waals surface area contributed by atoms with E-state index in [9.17, 15) is 4.39 Å². The lowest BCUT2D eigenvalue weighted by molar-refractivity contribution is 0.606. The maximum Gasteiger partial charge on any atom is 0.126 e. The first-order valence-electron chi connectivity index (χ1n) is 4.46. The monoisotopic (exact) mass is 244 g/mol. The molecule has 0 radical (unpaired) electrons. The van der Waals surface area contributed by atoms with Gasteiger partial charge in [0.05, 0.1) is 0 Å². The third-order valence-corrected chi connectivity index (χ3v) is 2.80. The Hall–Kier alpha value is -0.370. The quantitative estimate of drug-likeness (QED) is 0.711. The van der Waals surface area contributed by atoms with E-state index in [2.05, 4.69) is 15.9 Å². The lowest BCUT2D eigenvalue weighted by Gasteiger charge is -2.06. The van der Waals surface area contributed by atoms with Crippen LogP contribution in [0.4, 0.5) is 4.39 Å². The molecule has 13 heavy (non-hydrogen) atoms. The van der Waals surface area contributed by atoms with Crippen LogP contribution in [0, 0.1) is 19.7 Å². The van der Waals surface area contributed by atoms with Crippen molar-refractivity contribution in [2.75, 3.05) is 5.33 Å². The van der Waals surface area contributed by atoms with Crippen LogP contribution in [0.25, 0.3) is 0 Å². The molecule has 0 saturated carbocycles. The summed E-state index contributed by atoms with van der Waals surface area (Å²) in [5.74, 6) is -0.0657. The SMILES string of the molecule is Cc1cc(F)c(CCCBr)cc1C. The molecule has 1 aromatic rings. The van der Waals surface area contributed by atoms with Gasteiger partial charge in [-0.2, -0.15) is 0 Å². The highest BCUT2D eigenvalue weighted by Gasteiger charge is 2.03. The molecule has 0 fully saturated rings. The lowest BCUT2D eigenvalue weighted by Crippen LogP contribution is -1.94. The third kappa shape index (κ3) is 2.80. The second-order valence-electron chi connectivity index (χ2n) is 3.32. The van der Waals surface area contributed by atoms with Crippen LogP contribution in [0.5, 0.6) is 0 Å². The van der Waals surface area contributed by atoms with E-state index in [1.54, 1.807) is 6.07 Å². The Morgan fingerprint density at radius 3 is 2.46 bits per heavy atom. The van der Waals surface area contributed by atoms with Crippen LogP contribution in [-0.4, -0.2) is 5.33 Å². The van der Waals surface area contributed by atoms with Gasteiger partial charge in [-0.3, -0.25) is 0 Å². The summed E-state index contributed by atoms with van der Waals surface area (Å²) in [5.41, 5.74) is 3.04. The largest absolute Gasteiger partial charge is 0.207 e. The van der Waals surface area contributed by atoms with Crippen molar-refractivity contribution in [1.82, 2.24) is 0 Å². The van der Waals surface area contributed by atoms with E-state index in [0.29, 0.717) is 0 Å². The number of aryl methyl sites for hydroxylation is 3. The molecule has 0 unspecified atom stereocenters. The summed E-state index contributed by atoms with van der Waals surface area (Å²) in [5, 5.41) is 0.930. The zero-order chi connectivity index (χ0) is 9.84. The first-order valence-corrected chi connectivity index (χ1v) is 5.59. The molecule has 1 aromatic carbocycles. The Morgan fingerprint density at radius 1 is 1.23 bits per heavy atom. The average molecular weight is 245 g/mol. The fourth-order valence-corrected chi connectivity index (χ4v) is 1.57. The molecule has 0 aliphatic carbocycles. The molecule has 0 bridgehead atoms. The van der Waals surface area contributed by atoms with Gasteiger partial charge in [0.1, 0.15) is 5.82 Å². The molecule has 72 valence electrons. The van der Waals surface area contributed by atoms with E-state index in [4.69, 9.17) is 0 Å². The van der Waals surface area contributed by atoms with Crippen LogP contribution in [0.3, 0.4) is 0 Å². The molecule has 0 amide bonds. The fourth-order valence-electron chi connectivity index (χ4n) is 1.29. The molecule has 0 heterocycles. The van der Waals surface area contributed by atoms with Crippen molar-refractivity contribution in [3.05, 3.63) is 34.6 Å². The maximum absolute atomic E-state index is 13.3. The number of alkyl halides is 1. The predicted octanol–water partition coefficient (Wildman–Crippen LogP) is 3.77. The fraction of sp³-hybridized carbons (Fsp3) is 0.455. The van der Waals surface area contributed by atoms with E-state index in [0.717, 1.165) is 29.3 Å². The van der Waals surface area contributed by atoms with Crippen molar-refractivity contribution < 1.29 is 4.39 Å². The first-order chi connectivity index (χ1) is 6.15. The third-order valence-electron chi connectivity index (χ3n) is 2.24. The smallest absolute Gasteiger partial charge is 0.126 e. The van der Waals surface area contributed by atoms with Gasteiger partial charge in [-0.15, -0.1) is 0 Å². The second-order valence-corrected chi connectivity index (χ2v) is 4.11. The molecule has 0 spiro atoms. The Kier molecular flexibility index (Phi) is 3.91. The van der Waals surface area contributed by atoms with Crippen molar-refractivity contribution >= 4 is 15.9 Å². The number of halogens is 2. The second kappa shape index (κ2) is 4.75. The summed E-state index contributed by atoms with van der Waals surface area (Å²) in [6, 6.07) is 3.58. The Labute approximate surface area is 87.3 Å². The van der Waals surface area contributed by atoms with Crippen molar-refractivity contribution in [1.29, 1.82) is 0 Å². The minimum Gasteiger partial charge on any atom is -0.207 e. The number of rotatable bonds is 3. The van der Waals surface area contributed by atoms with E-state index in [-0.39, 0.29) is 5.82 Å². The van der Waals surface area contributed by atoms with Gasteiger partial charge >= 0.3 is 0 Å².